The molecule has 1 saturated heterocycles. The van der Waals surface area contributed by atoms with Crippen LogP contribution in [0.5, 0.6) is 0 Å². The predicted octanol–water partition coefficient (Wildman–Crippen LogP) is 0.827. The smallest absolute Gasteiger partial charge is 0.252 e. The molecule has 0 bridgehead atoms. The van der Waals surface area contributed by atoms with E-state index < -0.39 is 10.0 Å². The molecular weight excluding hydrogens is 322 g/mol. The molecule has 1 amide bonds. The number of piperidine rings is 1. The Kier molecular flexibility index (Phi) is 5.96. The van der Waals surface area contributed by atoms with Crippen LogP contribution in [0, 0.1) is 5.92 Å². The highest BCUT2D eigenvalue weighted by Gasteiger charge is 2.33. The fourth-order valence-corrected chi connectivity index (χ4v) is 5.13. The summed E-state index contributed by atoms with van der Waals surface area (Å²) in [6.07, 6.45) is 1.46. The van der Waals surface area contributed by atoms with Gasteiger partial charge in [0.25, 0.3) is 10.0 Å². The maximum atomic E-state index is 12.5. The molecule has 0 spiro atoms. The monoisotopic (exact) mass is 345 g/mol. The summed E-state index contributed by atoms with van der Waals surface area (Å²) in [7, 11) is 0.438. The average Bonchev–Trinajstić information content (AvgIpc) is 3.02. The Morgan fingerprint density at radius 3 is 2.91 bits per heavy atom. The molecule has 1 aliphatic heterocycles. The van der Waals surface area contributed by atoms with Gasteiger partial charge in [-0.2, -0.15) is 4.31 Å². The number of hydrogen-bond acceptors (Lipinski definition) is 5. The van der Waals surface area contributed by atoms with Crippen molar-refractivity contribution in [3.63, 3.8) is 0 Å². The van der Waals surface area contributed by atoms with E-state index >= 15 is 0 Å². The van der Waals surface area contributed by atoms with Crippen LogP contribution in [0.1, 0.15) is 12.8 Å². The molecule has 124 valence electrons. The lowest BCUT2D eigenvalue weighted by Crippen LogP contribution is -2.46. The maximum absolute atomic E-state index is 12.5. The number of likely N-dealkylation sites (N-methyl/N-ethyl adjacent to an activating group) is 1. The van der Waals surface area contributed by atoms with Gasteiger partial charge >= 0.3 is 0 Å². The van der Waals surface area contributed by atoms with Gasteiger partial charge in [-0.25, -0.2) is 8.42 Å². The normalized spacial score (nSPS) is 20.2. The van der Waals surface area contributed by atoms with Crippen molar-refractivity contribution in [2.45, 2.75) is 17.1 Å². The van der Waals surface area contributed by atoms with Gasteiger partial charge in [0.2, 0.25) is 5.91 Å². The molecule has 8 heteroatoms. The van der Waals surface area contributed by atoms with Crippen molar-refractivity contribution in [2.75, 3.05) is 40.3 Å². The van der Waals surface area contributed by atoms with E-state index in [1.165, 1.54) is 15.6 Å². The van der Waals surface area contributed by atoms with E-state index in [0.29, 0.717) is 17.3 Å². The van der Waals surface area contributed by atoms with Crippen LogP contribution in [-0.2, 0) is 14.8 Å². The van der Waals surface area contributed by atoms with Crippen LogP contribution < -0.4 is 5.32 Å². The number of amides is 1. The van der Waals surface area contributed by atoms with Crippen LogP contribution in [-0.4, -0.2) is 63.8 Å². The first-order valence-electron chi connectivity index (χ1n) is 7.37. The highest BCUT2D eigenvalue weighted by atomic mass is 32.2. The van der Waals surface area contributed by atoms with Gasteiger partial charge in [-0.3, -0.25) is 4.79 Å². The standard InChI is InChI=1S/C14H23N3O3S2/c1-16(2)9-7-15-14(18)12-5-3-8-17(11-12)22(19,20)13-6-4-10-21-13/h4,6,10,12H,3,5,7-9,11H2,1-2H3,(H,15,18)/t12-/m0/s1. The van der Waals surface area contributed by atoms with E-state index in [1.54, 1.807) is 17.5 Å². The summed E-state index contributed by atoms with van der Waals surface area (Å²) in [5.74, 6) is -0.307. The van der Waals surface area contributed by atoms with Crippen LogP contribution in [0.25, 0.3) is 0 Å². The number of thiophene rings is 1. The molecule has 2 rings (SSSR count). The minimum Gasteiger partial charge on any atom is -0.355 e. The van der Waals surface area contributed by atoms with Crippen molar-refractivity contribution in [2.24, 2.45) is 5.92 Å². The molecule has 22 heavy (non-hydrogen) atoms. The lowest BCUT2D eigenvalue weighted by atomic mass is 9.99. The van der Waals surface area contributed by atoms with Crippen LogP contribution >= 0.6 is 11.3 Å². The molecular formula is C14H23N3O3S2. The summed E-state index contributed by atoms with van der Waals surface area (Å²) in [4.78, 5) is 14.2. The molecule has 1 aromatic rings. The third kappa shape index (κ3) is 4.28. The van der Waals surface area contributed by atoms with E-state index in [-0.39, 0.29) is 18.4 Å². The van der Waals surface area contributed by atoms with Gasteiger partial charge in [0, 0.05) is 26.2 Å². The van der Waals surface area contributed by atoms with E-state index in [9.17, 15) is 13.2 Å². The van der Waals surface area contributed by atoms with Crippen LogP contribution in [0.2, 0.25) is 0 Å². The molecule has 0 saturated carbocycles. The van der Waals surface area contributed by atoms with Crippen molar-refractivity contribution in [3.05, 3.63) is 17.5 Å². The van der Waals surface area contributed by atoms with Gasteiger partial charge < -0.3 is 10.2 Å². The number of nitrogens with zero attached hydrogens (tertiary/aromatic N) is 2. The van der Waals surface area contributed by atoms with Crippen molar-refractivity contribution >= 4 is 27.3 Å². The summed E-state index contributed by atoms with van der Waals surface area (Å²) in [5, 5.41) is 4.64. The van der Waals surface area contributed by atoms with Gasteiger partial charge in [0.15, 0.2) is 0 Å². The second-order valence-corrected chi connectivity index (χ2v) is 8.84. The zero-order valence-corrected chi connectivity index (χ0v) is 14.6. The quantitative estimate of drug-likeness (QED) is 0.829. The highest BCUT2D eigenvalue weighted by molar-refractivity contribution is 7.91. The molecule has 1 aromatic heterocycles. The molecule has 0 aliphatic carbocycles. The summed E-state index contributed by atoms with van der Waals surface area (Å²) in [6, 6.07) is 3.34. The zero-order valence-electron chi connectivity index (χ0n) is 13.0. The summed E-state index contributed by atoms with van der Waals surface area (Å²) in [5.41, 5.74) is 0. The van der Waals surface area contributed by atoms with E-state index in [1.807, 2.05) is 19.0 Å². The van der Waals surface area contributed by atoms with Crippen molar-refractivity contribution in [1.82, 2.24) is 14.5 Å². The molecule has 6 nitrogen and oxygen atoms in total. The summed E-state index contributed by atoms with van der Waals surface area (Å²) < 4.78 is 26.8. The lowest BCUT2D eigenvalue weighted by molar-refractivity contribution is -0.126. The maximum Gasteiger partial charge on any atom is 0.252 e. The van der Waals surface area contributed by atoms with Crippen LogP contribution in [0.4, 0.5) is 0 Å². The molecule has 0 radical (unpaired) electrons. The first kappa shape index (κ1) is 17.4. The summed E-state index contributed by atoms with van der Waals surface area (Å²) in [6.45, 7) is 2.12. The molecule has 1 fully saturated rings. The Bertz CT molecular complexity index is 584. The second kappa shape index (κ2) is 7.54. The van der Waals surface area contributed by atoms with Gasteiger partial charge in [-0.1, -0.05) is 6.07 Å². The molecule has 0 unspecified atom stereocenters. The predicted molar refractivity (Wildman–Crippen MR) is 87.4 cm³/mol. The Balaban J connectivity index is 1.96. The number of carbonyl (C=O) groups is 1. The number of rotatable bonds is 6. The molecule has 1 atom stereocenters. The lowest BCUT2D eigenvalue weighted by Gasteiger charge is -2.30. The van der Waals surface area contributed by atoms with E-state index in [0.717, 1.165) is 19.4 Å². The second-order valence-electron chi connectivity index (χ2n) is 5.73. The first-order chi connectivity index (χ1) is 10.4. The van der Waals surface area contributed by atoms with Crippen LogP contribution in [0.3, 0.4) is 0 Å². The zero-order chi connectivity index (χ0) is 16.2. The Morgan fingerprint density at radius 1 is 1.50 bits per heavy atom. The van der Waals surface area contributed by atoms with Gasteiger partial charge in [-0.15, -0.1) is 11.3 Å². The number of hydrogen-bond donors (Lipinski definition) is 1. The third-order valence-corrected chi connectivity index (χ3v) is 6.94. The molecule has 1 aliphatic rings. The number of carbonyl (C=O) groups excluding carboxylic acids is 1. The van der Waals surface area contributed by atoms with Crippen molar-refractivity contribution < 1.29 is 13.2 Å². The minimum absolute atomic E-state index is 0.0482. The third-order valence-electron chi connectivity index (χ3n) is 3.70. The topological polar surface area (TPSA) is 69.7 Å². The van der Waals surface area contributed by atoms with E-state index in [2.05, 4.69) is 5.32 Å². The van der Waals surface area contributed by atoms with Crippen LogP contribution in [0.15, 0.2) is 21.7 Å². The largest absolute Gasteiger partial charge is 0.355 e. The number of sulfonamides is 1. The van der Waals surface area contributed by atoms with E-state index in [4.69, 9.17) is 0 Å². The average molecular weight is 345 g/mol. The molecule has 1 N–H and O–H groups in total. The minimum atomic E-state index is -3.46. The molecule has 2 heterocycles. The van der Waals surface area contributed by atoms with Gasteiger partial charge in [-0.05, 0) is 38.4 Å². The summed E-state index contributed by atoms with van der Waals surface area (Å²) >= 11 is 1.21. The SMILES string of the molecule is CN(C)CCNC(=O)[C@H]1CCCN(S(=O)(=O)c2cccs2)C1. The highest BCUT2D eigenvalue weighted by Crippen LogP contribution is 2.26. The fraction of sp³-hybridized carbons (Fsp3) is 0.643. The Morgan fingerprint density at radius 2 is 2.27 bits per heavy atom. The van der Waals surface area contributed by atoms with Gasteiger partial charge in [0.05, 0.1) is 5.92 Å². The van der Waals surface area contributed by atoms with Gasteiger partial charge in [0.1, 0.15) is 4.21 Å². The Hall–Kier alpha value is -0.960. The first-order valence-corrected chi connectivity index (χ1v) is 9.69. The van der Waals surface area contributed by atoms with Crippen molar-refractivity contribution in [3.8, 4) is 0 Å². The molecule has 0 aromatic carbocycles. The number of nitrogens with one attached hydrogen (secondary N) is 1. The fourth-order valence-electron chi connectivity index (χ4n) is 2.46. The Labute approximate surface area is 136 Å². The van der Waals surface area contributed by atoms with Crippen molar-refractivity contribution in [1.29, 1.82) is 0 Å².